The Kier molecular flexibility index (Phi) is 3.84. The van der Waals surface area contributed by atoms with Gasteiger partial charge in [0.05, 0.1) is 6.61 Å². The molecule has 0 fully saturated rings. The molecule has 0 spiro atoms. The van der Waals surface area contributed by atoms with Crippen molar-refractivity contribution in [3.05, 3.63) is 58.0 Å². The summed E-state index contributed by atoms with van der Waals surface area (Å²) < 4.78 is 11.0. The van der Waals surface area contributed by atoms with Crippen molar-refractivity contribution in [1.82, 2.24) is 0 Å². The van der Waals surface area contributed by atoms with Crippen molar-refractivity contribution in [2.75, 3.05) is 6.61 Å². The van der Waals surface area contributed by atoms with Crippen LogP contribution in [-0.2, 0) is 14.3 Å². The van der Waals surface area contributed by atoms with E-state index in [2.05, 4.69) is 0 Å². The van der Waals surface area contributed by atoms with E-state index in [-0.39, 0.29) is 18.5 Å². The molecule has 1 aliphatic heterocycles. The van der Waals surface area contributed by atoms with Gasteiger partial charge in [-0.3, -0.25) is 4.79 Å². The highest BCUT2D eigenvalue weighted by Crippen LogP contribution is 2.22. The predicted octanol–water partition coefficient (Wildman–Crippen LogP) is 2.08. The predicted molar refractivity (Wildman–Crippen MR) is 81.9 cm³/mol. The Labute approximate surface area is 127 Å². The summed E-state index contributed by atoms with van der Waals surface area (Å²) in [6.45, 7) is 2.15. The first-order chi connectivity index (χ1) is 10.2. The maximum Gasteiger partial charge on any atom is 0.313 e. The summed E-state index contributed by atoms with van der Waals surface area (Å²) in [4.78, 5) is 11.8. The van der Waals surface area contributed by atoms with Gasteiger partial charge < -0.3 is 9.47 Å². The normalized spacial score (nSPS) is 18.9. The summed E-state index contributed by atoms with van der Waals surface area (Å²) in [5, 5.41) is 2.53. The molecule has 3 rings (SSSR count). The number of hydrogen-bond acceptors (Lipinski definition) is 3. The Morgan fingerprint density at radius 1 is 1.33 bits per heavy atom. The second-order valence-electron chi connectivity index (χ2n) is 4.83. The van der Waals surface area contributed by atoms with Crippen LogP contribution in [0.2, 0.25) is 5.02 Å². The SMILES string of the molecule is CCOC(=O)CC1=c2cc(Cl)ccc2=C2C=CC=CC2O1. The lowest BCUT2D eigenvalue weighted by molar-refractivity contribution is -0.142. The molecule has 0 bridgehead atoms. The van der Waals surface area contributed by atoms with Crippen molar-refractivity contribution in [2.24, 2.45) is 0 Å². The number of benzene rings is 1. The zero-order chi connectivity index (χ0) is 14.8. The fourth-order valence-corrected chi connectivity index (χ4v) is 2.74. The van der Waals surface area contributed by atoms with Gasteiger partial charge in [-0.2, -0.15) is 0 Å². The maximum absolute atomic E-state index is 11.8. The second-order valence-corrected chi connectivity index (χ2v) is 5.27. The van der Waals surface area contributed by atoms with Crippen molar-refractivity contribution in [3.8, 4) is 0 Å². The molecule has 0 radical (unpaired) electrons. The molecule has 2 aliphatic rings. The molecule has 0 aromatic heterocycles. The minimum absolute atomic E-state index is 0.114. The molecule has 1 heterocycles. The molecule has 1 aliphatic carbocycles. The van der Waals surface area contributed by atoms with Crippen LogP contribution in [0.25, 0.3) is 11.3 Å². The van der Waals surface area contributed by atoms with Crippen LogP contribution in [0, 0.1) is 0 Å². The van der Waals surface area contributed by atoms with E-state index in [1.54, 1.807) is 6.92 Å². The molecule has 1 unspecified atom stereocenters. The number of hydrogen-bond donors (Lipinski definition) is 0. The number of ether oxygens (including phenoxy) is 2. The van der Waals surface area contributed by atoms with Crippen LogP contribution >= 0.6 is 11.6 Å². The smallest absolute Gasteiger partial charge is 0.313 e. The largest absolute Gasteiger partial charge is 0.485 e. The van der Waals surface area contributed by atoms with Gasteiger partial charge in [0.15, 0.2) is 0 Å². The lowest BCUT2D eigenvalue weighted by Crippen LogP contribution is -2.39. The van der Waals surface area contributed by atoms with Crippen LogP contribution in [0.3, 0.4) is 0 Å². The quantitative estimate of drug-likeness (QED) is 0.802. The average Bonchev–Trinajstić information content (AvgIpc) is 2.47. The van der Waals surface area contributed by atoms with Crippen LogP contribution in [0.4, 0.5) is 0 Å². The molecular formula is C17H15ClO3. The summed E-state index contributed by atoms with van der Waals surface area (Å²) in [5.74, 6) is 0.317. The summed E-state index contributed by atoms with van der Waals surface area (Å²) in [6.07, 6.45) is 7.87. The van der Waals surface area contributed by atoms with Crippen LogP contribution in [0.5, 0.6) is 0 Å². The molecule has 1 atom stereocenters. The molecule has 0 amide bonds. The van der Waals surface area contributed by atoms with Gasteiger partial charge in [0.25, 0.3) is 0 Å². The molecule has 21 heavy (non-hydrogen) atoms. The minimum Gasteiger partial charge on any atom is -0.485 e. The van der Waals surface area contributed by atoms with Gasteiger partial charge in [0, 0.05) is 15.8 Å². The van der Waals surface area contributed by atoms with Crippen LogP contribution in [0.15, 0.2) is 42.5 Å². The molecular weight excluding hydrogens is 288 g/mol. The van der Waals surface area contributed by atoms with Crippen molar-refractivity contribution < 1.29 is 14.3 Å². The number of allylic oxidation sites excluding steroid dienone is 2. The summed E-state index contributed by atoms with van der Waals surface area (Å²) in [5.41, 5.74) is 1.08. The zero-order valence-corrected chi connectivity index (χ0v) is 12.4. The van der Waals surface area contributed by atoms with E-state index in [1.165, 1.54) is 0 Å². The first kappa shape index (κ1) is 14.0. The van der Waals surface area contributed by atoms with Gasteiger partial charge in [0.1, 0.15) is 18.3 Å². The number of rotatable bonds is 3. The summed E-state index contributed by atoms with van der Waals surface area (Å²) in [6, 6.07) is 5.65. The Balaban J connectivity index is 2.17. The topological polar surface area (TPSA) is 35.5 Å². The van der Waals surface area contributed by atoms with Crippen molar-refractivity contribution >= 4 is 28.9 Å². The monoisotopic (exact) mass is 302 g/mol. The number of carbonyl (C=O) groups is 1. The third-order valence-electron chi connectivity index (χ3n) is 3.45. The zero-order valence-electron chi connectivity index (χ0n) is 11.6. The fourth-order valence-electron chi connectivity index (χ4n) is 2.56. The molecule has 4 heteroatoms. The van der Waals surface area contributed by atoms with Gasteiger partial charge in [-0.15, -0.1) is 0 Å². The fraction of sp³-hybridized carbons (Fsp3) is 0.235. The van der Waals surface area contributed by atoms with Crippen molar-refractivity contribution in [1.29, 1.82) is 0 Å². The Morgan fingerprint density at radius 2 is 2.19 bits per heavy atom. The first-order valence-electron chi connectivity index (χ1n) is 6.89. The average molecular weight is 303 g/mol. The van der Waals surface area contributed by atoms with Gasteiger partial charge >= 0.3 is 5.97 Å². The van der Waals surface area contributed by atoms with E-state index in [0.717, 1.165) is 16.0 Å². The third kappa shape index (κ3) is 2.74. The lowest BCUT2D eigenvalue weighted by Gasteiger charge is -2.25. The van der Waals surface area contributed by atoms with Gasteiger partial charge in [-0.05, 0) is 30.4 Å². The van der Waals surface area contributed by atoms with E-state index >= 15 is 0 Å². The van der Waals surface area contributed by atoms with E-state index in [4.69, 9.17) is 21.1 Å². The lowest BCUT2D eigenvalue weighted by atomic mass is 9.97. The first-order valence-corrected chi connectivity index (χ1v) is 7.27. The van der Waals surface area contributed by atoms with Gasteiger partial charge in [-0.1, -0.05) is 35.9 Å². The molecule has 0 N–H and O–H groups in total. The highest BCUT2D eigenvalue weighted by atomic mass is 35.5. The molecule has 0 saturated heterocycles. The maximum atomic E-state index is 11.8. The molecule has 1 aromatic carbocycles. The summed E-state index contributed by atoms with van der Waals surface area (Å²) in [7, 11) is 0. The highest BCUT2D eigenvalue weighted by molar-refractivity contribution is 6.30. The molecule has 3 nitrogen and oxygen atoms in total. The highest BCUT2D eigenvalue weighted by Gasteiger charge is 2.22. The van der Waals surface area contributed by atoms with E-state index in [0.29, 0.717) is 17.4 Å². The second kappa shape index (κ2) is 5.78. The number of halogens is 1. The molecule has 1 aromatic rings. The Hall–Kier alpha value is -2.00. The van der Waals surface area contributed by atoms with E-state index in [1.807, 2.05) is 42.5 Å². The van der Waals surface area contributed by atoms with Crippen molar-refractivity contribution in [3.63, 3.8) is 0 Å². The van der Waals surface area contributed by atoms with Gasteiger partial charge in [0.2, 0.25) is 0 Å². The van der Waals surface area contributed by atoms with Crippen LogP contribution < -0.4 is 10.4 Å². The number of fused-ring (bicyclic) bond motifs is 2. The number of esters is 1. The minimum atomic E-state index is -0.294. The Bertz CT molecular complexity index is 759. The van der Waals surface area contributed by atoms with Crippen molar-refractivity contribution in [2.45, 2.75) is 19.4 Å². The standard InChI is InChI=1S/C17H15ClO3/c1-2-20-17(19)10-16-14-9-11(18)7-8-12(14)13-5-3-4-6-15(13)21-16/h3-9,15H,2,10H2,1H3. The van der Waals surface area contributed by atoms with E-state index in [9.17, 15) is 4.79 Å². The Morgan fingerprint density at radius 3 is 3.00 bits per heavy atom. The molecule has 0 saturated carbocycles. The van der Waals surface area contributed by atoms with E-state index < -0.39 is 0 Å². The van der Waals surface area contributed by atoms with Gasteiger partial charge in [-0.25, -0.2) is 0 Å². The molecule has 108 valence electrons. The third-order valence-corrected chi connectivity index (χ3v) is 3.69. The van der Waals surface area contributed by atoms with Crippen LogP contribution in [0.1, 0.15) is 13.3 Å². The van der Waals surface area contributed by atoms with Crippen LogP contribution in [-0.4, -0.2) is 18.7 Å². The number of carbonyl (C=O) groups excluding carboxylic acids is 1. The summed E-state index contributed by atoms with van der Waals surface area (Å²) >= 11 is 6.09.